The van der Waals surface area contributed by atoms with Gasteiger partial charge in [-0.1, -0.05) is 0 Å². The lowest BCUT2D eigenvalue weighted by atomic mass is 10.2. The SMILES string of the molecule is Cc1nc(-c2ccc(CCNC(=O)N3CCCC3C(=O)NC3CC3)s2)cs1. The number of amides is 3. The third-order valence-corrected chi connectivity index (χ3v) is 6.86. The lowest BCUT2D eigenvalue weighted by Crippen LogP contribution is -2.50. The normalized spacial score (nSPS) is 19.3. The molecule has 0 aromatic carbocycles. The number of aryl methyl sites for hydroxylation is 1. The highest BCUT2D eigenvalue weighted by atomic mass is 32.1. The van der Waals surface area contributed by atoms with Crippen LogP contribution < -0.4 is 10.6 Å². The lowest BCUT2D eigenvalue weighted by molar-refractivity contribution is -0.124. The minimum absolute atomic E-state index is 0.00612. The zero-order valence-corrected chi connectivity index (χ0v) is 17.0. The lowest BCUT2D eigenvalue weighted by Gasteiger charge is -2.24. The molecule has 1 aliphatic heterocycles. The average Bonchev–Trinajstić information content (AvgIpc) is 3.08. The number of likely N-dealkylation sites (tertiary alicyclic amines) is 1. The molecule has 1 aliphatic carbocycles. The van der Waals surface area contributed by atoms with E-state index in [0.29, 0.717) is 19.1 Å². The minimum atomic E-state index is -0.313. The van der Waals surface area contributed by atoms with E-state index in [1.807, 2.05) is 6.92 Å². The van der Waals surface area contributed by atoms with Gasteiger partial charge in [-0.05, 0) is 51.2 Å². The highest BCUT2D eigenvalue weighted by Crippen LogP contribution is 2.29. The van der Waals surface area contributed by atoms with Crippen LogP contribution in [-0.2, 0) is 11.2 Å². The standard InChI is InChI=1S/C19H24N4O2S2/c1-12-21-15(11-26-12)17-7-6-14(27-17)8-9-20-19(25)23-10-2-3-16(23)18(24)22-13-4-5-13/h6-7,11,13,16H,2-5,8-10H2,1H3,(H,20,25)(H,22,24). The van der Waals surface area contributed by atoms with Crippen molar-refractivity contribution < 1.29 is 9.59 Å². The Hall–Kier alpha value is -1.93. The fourth-order valence-corrected chi connectivity index (χ4v) is 4.98. The summed E-state index contributed by atoms with van der Waals surface area (Å²) < 4.78 is 0. The third-order valence-electron chi connectivity index (χ3n) is 4.92. The van der Waals surface area contributed by atoms with Crippen molar-refractivity contribution in [3.05, 3.63) is 27.4 Å². The summed E-state index contributed by atoms with van der Waals surface area (Å²) in [5, 5.41) is 9.14. The van der Waals surface area contributed by atoms with Gasteiger partial charge in [-0.3, -0.25) is 4.79 Å². The second-order valence-electron chi connectivity index (χ2n) is 7.13. The van der Waals surface area contributed by atoms with E-state index in [4.69, 9.17) is 0 Å². The van der Waals surface area contributed by atoms with E-state index in [9.17, 15) is 9.59 Å². The number of thiophene rings is 1. The van der Waals surface area contributed by atoms with E-state index in [-0.39, 0.29) is 18.0 Å². The van der Waals surface area contributed by atoms with Crippen molar-refractivity contribution in [1.29, 1.82) is 0 Å². The van der Waals surface area contributed by atoms with Gasteiger partial charge < -0.3 is 15.5 Å². The molecule has 27 heavy (non-hydrogen) atoms. The number of thiazole rings is 1. The van der Waals surface area contributed by atoms with Crippen LogP contribution in [0.5, 0.6) is 0 Å². The van der Waals surface area contributed by atoms with Crippen molar-refractivity contribution in [3.8, 4) is 10.6 Å². The summed E-state index contributed by atoms with van der Waals surface area (Å²) in [5.74, 6) is 0.00612. The van der Waals surface area contributed by atoms with Gasteiger partial charge in [0.15, 0.2) is 0 Å². The van der Waals surface area contributed by atoms with E-state index >= 15 is 0 Å². The number of hydrogen-bond donors (Lipinski definition) is 2. The van der Waals surface area contributed by atoms with Crippen molar-refractivity contribution in [2.45, 2.75) is 51.1 Å². The first-order chi connectivity index (χ1) is 13.1. The molecule has 4 rings (SSSR count). The Balaban J connectivity index is 1.26. The van der Waals surface area contributed by atoms with Crippen LogP contribution in [0.25, 0.3) is 10.6 Å². The Morgan fingerprint density at radius 3 is 2.89 bits per heavy atom. The Morgan fingerprint density at radius 1 is 1.30 bits per heavy atom. The molecule has 2 aromatic rings. The molecule has 2 fully saturated rings. The Morgan fingerprint density at radius 2 is 2.15 bits per heavy atom. The van der Waals surface area contributed by atoms with Crippen molar-refractivity contribution in [3.63, 3.8) is 0 Å². The topological polar surface area (TPSA) is 74.3 Å². The number of aromatic nitrogens is 1. The molecule has 2 N–H and O–H groups in total. The molecule has 1 atom stereocenters. The molecule has 0 spiro atoms. The molecule has 1 unspecified atom stereocenters. The molecule has 8 heteroatoms. The first-order valence-electron chi connectivity index (χ1n) is 9.46. The summed E-state index contributed by atoms with van der Waals surface area (Å²) in [6.45, 7) is 3.23. The van der Waals surface area contributed by atoms with E-state index in [1.165, 1.54) is 4.88 Å². The highest BCUT2D eigenvalue weighted by Gasteiger charge is 2.36. The fourth-order valence-electron chi connectivity index (χ4n) is 3.33. The van der Waals surface area contributed by atoms with Crippen molar-refractivity contribution in [2.75, 3.05) is 13.1 Å². The molecule has 3 heterocycles. The van der Waals surface area contributed by atoms with Crippen LogP contribution >= 0.6 is 22.7 Å². The van der Waals surface area contributed by atoms with Gasteiger partial charge in [0.1, 0.15) is 6.04 Å². The number of nitrogens with zero attached hydrogens (tertiary/aromatic N) is 2. The van der Waals surface area contributed by atoms with Gasteiger partial charge in [-0.15, -0.1) is 22.7 Å². The molecule has 0 bridgehead atoms. The second kappa shape index (κ2) is 7.98. The Labute approximate surface area is 167 Å². The van der Waals surface area contributed by atoms with Crippen LogP contribution in [0.1, 0.15) is 35.6 Å². The van der Waals surface area contributed by atoms with Crippen molar-refractivity contribution in [2.24, 2.45) is 0 Å². The maximum Gasteiger partial charge on any atom is 0.318 e. The Kier molecular flexibility index (Phi) is 5.45. The zero-order valence-electron chi connectivity index (χ0n) is 15.4. The summed E-state index contributed by atoms with van der Waals surface area (Å²) in [6.07, 6.45) is 4.55. The highest BCUT2D eigenvalue weighted by molar-refractivity contribution is 7.16. The molecule has 6 nitrogen and oxygen atoms in total. The van der Waals surface area contributed by atoms with Gasteiger partial charge in [-0.2, -0.15) is 0 Å². The quantitative estimate of drug-likeness (QED) is 0.777. The van der Waals surface area contributed by atoms with Gasteiger partial charge in [0.2, 0.25) is 5.91 Å². The van der Waals surface area contributed by atoms with Crippen LogP contribution in [0.4, 0.5) is 4.79 Å². The maximum atomic E-state index is 12.5. The molecular weight excluding hydrogens is 380 g/mol. The van der Waals surface area contributed by atoms with Crippen LogP contribution in [0, 0.1) is 6.92 Å². The van der Waals surface area contributed by atoms with Crippen LogP contribution in [0.2, 0.25) is 0 Å². The number of carbonyl (C=O) groups excluding carboxylic acids is 2. The Bertz CT molecular complexity index is 827. The molecule has 1 saturated heterocycles. The van der Waals surface area contributed by atoms with E-state index in [0.717, 1.165) is 47.7 Å². The van der Waals surface area contributed by atoms with Gasteiger partial charge in [0.25, 0.3) is 0 Å². The van der Waals surface area contributed by atoms with Crippen LogP contribution in [0.3, 0.4) is 0 Å². The second-order valence-corrected chi connectivity index (χ2v) is 9.36. The summed E-state index contributed by atoms with van der Waals surface area (Å²) >= 11 is 3.37. The van der Waals surface area contributed by atoms with Crippen molar-refractivity contribution >= 4 is 34.6 Å². The number of hydrogen-bond acceptors (Lipinski definition) is 5. The minimum Gasteiger partial charge on any atom is -0.352 e. The maximum absolute atomic E-state index is 12.5. The smallest absolute Gasteiger partial charge is 0.318 e. The molecular formula is C19H24N4O2S2. The number of urea groups is 1. The zero-order chi connectivity index (χ0) is 18.8. The molecule has 3 amide bonds. The van der Waals surface area contributed by atoms with Gasteiger partial charge in [0.05, 0.1) is 15.6 Å². The molecule has 144 valence electrons. The van der Waals surface area contributed by atoms with E-state index < -0.39 is 0 Å². The monoisotopic (exact) mass is 404 g/mol. The fraction of sp³-hybridized carbons (Fsp3) is 0.526. The van der Waals surface area contributed by atoms with Gasteiger partial charge in [0, 0.05) is 29.4 Å². The van der Waals surface area contributed by atoms with Crippen molar-refractivity contribution in [1.82, 2.24) is 20.5 Å². The van der Waals surface area contributed by atoms with E-state index in [1.54, 1.807) is 27.6 Å². The van der Waals surface area contributed by atoms with Crippen LogP contribution in [0.15, 0.2) is 17.5 Å². The summed E-state index contributed by atoms with van der Waals surface area (Å²) in [7, 11) is 0. The largest absolute Gasteiger partial charge is 0.352 e. The van der Waals surface area contributed by atoms with E-state index in [2.05, 4.69) is 33.1 Å². The predicted octanol–water partition coefficient (Wildman–Crippen LogP) is 3.18. The predicted molar refractivity (Wildman–Crippen MR) is 108 cm³/mol. The molecule has 0 radical (unpaired) electrons. The van der Waals surface area contributed by atoms with Gasteiger partial charge in [-0.25, -0.2) is 9.78 Å². The third kappa shape index (κ3) is 4.50. The van der Waals surface area contributed by atoms with Gasteiger partial charge >= 0.3 is 6.03 Å². The average molecular weight is 405 g/mol. The molecule has 2 aromatic heterocycles. The summed E-state index contributed by atoms with van der Waals surface area (Å²) in [5.41, 5.74) is 1.03. The first kappa shape index (κ1) is 18.4. The molecule has 1 saturated carbocycles. The number of nitrogens with one attached hydrogen (secondary N) is 2. The van der Waals surface area contributed by atoms with Crippen LogP contribution in [-0.4, -0.2) is 47.0 Å². The molecule has 2 aliphatic rings. The number of rotatable bonds is 6. The summed E-state index contributed by atoms with van der Waals surface area (Å²) in [6, 6.07) is 4.08. The number of carbonyl (C=O) groups is 2. The summed E-state index contributed by atoms with van der Waals surface area (Å²) in [4.78, 5) is 33.4. The first-order valence-corrected chi connectivity index (χ1v) is 11.2.